The van der Waals surface area contributed by atoms with Crippen LogP contribution in [0.15, 0.2) is 30.3 Å². The summed E-state index contributed by atoms with van der Waals surface area (Å²) in [4.78, 5) is 2.46. The Kier molecular flexibility index (Phi) is 5.17. The van der Waals surface area contributed by atoms with Crippen molar-refractivity contribution < 1.29 is 9.47 Å². The van der Waals surface area contributed by atoms with Crippen LogP contribution in [-0.4, -0.2) is 43.9 Å². The molecule has 0 aromatic heterocycles. The summed E-state index contributed by atoms with van der Waals surface area (Å²) in [5.41, 5.74) is 1.27. The molecule has 1 saturated heterocycles. The molecule has 0 saturated carbocycles. The molecule has 1 aromatic carbocycles. The van der Waals surface area contributed by atoms with Crippen LogP contribution < -0.4 is 0 Å². The normalized spacial score (nSPS) is 25.2. The van der Waals surface area contributed by atoms with E-state index in [-0.39, 0.29) is 6.10 Å². The number of morpholine rings is 1. The summed E-state index contributed by atoms with van der Waals surface area (Å²) in [6, 6.07) is 10.9. The Morgan fingerprint density at radius 1 is 1.33 bits per heavy atom. The number of nitrogens with zero attached hydrogens (tertiary/aromatic N) is 1. The van der Waals surface area contributed by atoms with Gasteiger partial charge in [-0.05, 0) is 19.4 Å². The Balaban J connectivity index is 1.91. The van der Waals surface area contributed by atoms with Crippen molar-refractivity contribution in [1.82, 2.24) is 4.90 Å². The molecule has 0 unspecified atom stereocenters. The predicted octanol–water partition coefficient (Wildman–Crippen LogP) is 2.48. The van der Waals surface area contributed by atoms with Gasteiger partial charge in [0.25, 0.3) is 0 Å². The molecule has 0 amide bonds. The van der Waals surface area contributed by atoms with Crippen LogP contribution in [0.25, 0.3) is 0 Å². The standard InChI is InChI=1S/C15H23NO2/c1-3-17-10-9-16-11-15(18-12-13(16)2)14-7-5-4-6-8-14/h4-8,13,15H,3,9-12H2,1-2H3/t13-,15+/m1/s1. The van der Waals surface area contributed by atoms with Crippen molar-refractivity contribution in [1.29, 1.82) is 0 Å². The molecule has 2 rings (SSSR count). The first-order chi connectivity index (χ1) is 8.81. The first-order valence-corrected chi connectivity index (χ1v) is 6.79. The van der Waals surface area contributed by atoms with E-state index in [1.165, 1.54) is 5.56 Å². The van der Waals surface area contributed by atoms with Gasteiger partial charge in [-0.2, -0.15) is 0 Å². The lowest BCUT2D eigenvalue weighted by Gasteiger charge is -2.38. The maximum Gasteiger partial charge on any atom is 0.0952 e. The number of hydrogen-bond acceptors (Lipinski definition) is 3. The van der Waals surface area contributed by atoms with E-state index in [4.69, 9.17) is 9.47 Å². The van der Waals surface area contributed by atoms with Crippen LogP contribution in [-0.2, 0) is 9.47 Å². The third kappa shape index (κ3) is 3.55. The summed E-state index contributed by atoms with van der Waals surface area (Å²) in [6.45, 7) is 8.59. The first kappa shape index (κ1) is 13.5. The molecule has 100 valence electrons. The molecule has 0 spiro atoms. The smallest absolute Gasteiger partial charge is 0.0952 e. The maximum absolute atomic E-state index is 5.93. The van der Waals surface area contributed by atoms with Crippen LogP contribution in [0.5, 0.6) is 0 Å². The van der Waals surface area contributed by atoms with Gasteiger partial charge in [-0.15, -0.1) is 0 Å². The topological polar surface area (TPSA) is 21.7 Å². The quantitative estimate of drug-likeness (QED) is 0.748. The van der Waals surface area contributed by atoms with E-state index in [2.05, 4.69) is 36.1 Å². The summed E-state index contributed by atoms with van der Waals surface area (Å²) in [5, 5.41) is 0. The number of hydrogen-bond donors (Lipinski definition) is 0. The first-order valence-electron chi connectivity index (χ1n) is 6.79. The molecular weight excluding hydrogens is 226 g/mol. The summed E-state index contributed by atoms with van der Waals surface area (Å²) >= 11 is 0. The predicted molar refractivity (Wildman–Crippen MR) is 72.7 cm³/mol. The zero-order valence-electron chi connectivity index (χ0n) is 11.3. The average Bonchev–Trinajstić information content (AvgIpc) is 2.42. The second kappa shape index (κ2) is 6.88. The summed E-state index contributed by atoms with van der Waals surface area (Å²) in [5.74, 6) is 0. The number of ether oxygens (including phenoxy) is 2. The highest BCUT2D eigenvalue weighted by atomic mass is 16.5. The van der Waals surface area contributed by atoms with Crippen LogP contribution in [0.4, 0.5) is 0 Å². The SMILES string of the molecule is CCOCCN1C[C@@H](c2ccccc2)OC[C@H]1C. The fourth-order valence-electron chi connectivity index (χ4n) is 2.31. The highest BCUT2D eigenvalue weighted by Gasteiger charge is 2.26. The lowest BCUT2D eigenvalue weighted by atomic mass is 10.1. The van der Waals surface area contributed by atoms with Crippen molar-refractivity contribution in [3.05, 3.63) is 35.9 Å². The summed E-state index contributed by atoms with van der Waals surface area (Å²) in [7, 11) is 0. The largest absolute Gasteiger partial charge is 0.380 e. The van der Waals surface area contributed by atoms with Gasteiger partial charge in [-0.25, -0.2) is 0 Å². The zero-order valence-corrected chi connectivity index (χ0v) is 11.3. The van der Waals surface area contributed by atoms with Crippen LogP contribution >= 0.6 is 0 Å². The molecule has 1 aromatic rings. The molecule has 1 aliphatic rings. The highest BCUT2D eigenvalue weighted by molar-refractivity contribution is 5.18. The maximum atomic E-state index is 5.93. The molecule has 0 N–H and O–H groups in total. The van der Waals surface area contributed by atoms with Crippen molar-refractivity contribution in [2.75, 3.05) is 32.9 Å². The lowest BCUT2D eigenvalue weighted by molar-refractivity contribution is -0.0664. The van der Waals surface area contributed by atoms with E-state index < -0.39 is 0 Å². The third-order valence-electron chi connectivity index (χ3n) is 3.46. The molecular formula is C15H23NO2. The van der Waals surface area contributed by atoms with Crippen molar-refractivity contribution in [2.24, 2.45) is 0 Å². The second-order valence-corrected chi connectivity index (χ2v) is 4.77. The molecule has 1 fully saturated rings. The van der Waals surface area contributed by atoms with Crippen LogP contribution in [0.3, 0.4) is 0 Å². The minimum atomic E-state index is 0.198. The molecule has 18 heavy (non-hydrogen) atoms. The van der Waals surface area contributed by atoms with Crippen molar-refractivity contribution in [2.45, 2.75) is 26.0 Å². The van der Waals surface area contributed by atoms with E-state index >= 15 is 0 Å². The van der Waals surface area contributed by atoms with Gasteiger partial charge >= 0.3 is 0 Å². The van der Waals surface area contributed by atoms with Crippen molar-refractivity contribution >= 4 is 0 Å². The Morgan fingerprint density at radius 3 is 2.83 bits per heavy atom. The average molecular weight is 249 g/mol. The van der Waals surface area contributed by atoms with E-state index in [0.717, 1.165) is 32.9 Å². The fourth-order valence-corrected chi connectivity index (χ4v) is 2.31. The molecule has 3 heteroatoms. The zero-order chi connectivity index (χ0) is 12.8. The molecule has 1 heterocycles. The van der Waals surface area contributed by atoms with Gasteiger partial charge in [0, 0.05) is 25.7 Å². The van der Waals surface area contributed by atoms with E-state index in [9.17, 15) is 0 Å². The van der Waals surface area contributed by atoms with Gasteiger partial charge in [0.2, 0.25) is 0 Å². The van der Waals surface area contributed by atoms with E-state index in [1.54, 1.807) is 0 Å². The highest BCUT2D eigenvalue weighted by Crippen LogP contribution is 2.24. The summed E-state index contributed by atoms with van der Waals surface area (Å²) < 4.78 is 11.4. The minimum absolute atomic E-state index is 0.198. The van der Waals surface area contributed by atoms with Gasteiger partial charge in [-0.3, -0.25) is 4.90 Å². The Labute approximate surface area is 110 Å². The van der Waals surface area contributed by atoms with Gasteiger partial charge in [-0.1, -0.05) is 30.3 Å². The van der Waals surface area contributed by atoms with E-state index in [1.807, 2.05) is 13.0 Å². The van der Waals surface area contributed by atoms with Gasteiger partial charge in [0.05, 0.1) is 19.3 Å². The molecule has 2 atom stereocenters. The molecule has 0 aliphatic carbocycles. The van der Waals surface area contributed by atoms with Gasteiger partial charge < -0.3 is 9.47 Å². The van der Waals surface area contributed by atoms with Crippen LogP contribution in [0.2, 0.25) is 0 Å². The Morgan fingerprint density at radius 2 is 2.11 bits per heavy atom. The van der Waals surface area contributed by atoms with Crippen LogP contribution in [0, 0.1) is 0 Å². The fraction of sp³-hybridized carbons (Fsp3) is 0.600. The van der Waals surface area contributed by atoms with Crippen molar-refractivity contribution in [3.63, 3.8) is 0 Å². The monoisotopic (exact) mass is 249 g/mol. The molecule has 0 radical (unpaired) electrons. The Hall–Kier alpha value is -0.900. The molecule has 3 nitrogen and oxygen atoms in total. The molecule has 1 aliphatic heterocycles. The minimum Gasteiger partial charge on any atom is -0.380 e. The number of benzene rings is 1. The number of rotatable bonds is 5. The molecule has 0 bridgehead atoms. The van der Waals surface area contributed by atoms with Gasteiger partial charge in [0.1, 0.15) is 0 Å². The lowest BCUT2D eigenvalue weighted by Crippen LogP contribution is -2.46. The third-order valence-corrected chi connectivity index (χ3v) is 3.46. The van der Waals surface area contributed by atoms with E-state index in [0.29, 0.717) is 6.04 Å². The Bertz CT molecular complexity index is 342. The van der Waals surface area contributed by atoms with Crippen LogP contribution in [0.1, 0.15) is 25.5 Å². The van der Waals surface area contributed by atoms with Crippen molar-refractivity contribution in [3.8, 4) is 0 Å². The summed E-state index contributed by atoms with van der Waals surface area (Å²) in [6.07, 6.45) is 0.198. The second-order valence-electron chi connectivity index (χ2n) is 4.77. The van der Waals surface area contributed by atoms with Gasteiger partial charge in [0.15, 0.2) is 0 Å².